The molecule has 0 aliphatic rings. The number of amides is 1. The first kappa shape index (κ1) is 14.9. The molecule has 3 nitrogen and oxygen atoms in total. The highest BCUT2D eigenvalue weighted by Gasteiger charge is 2.14. The number of rotatable bonds is 3. The molecule has 106 valence electrons. The molecule has 0 heterocycles. The first-order chi connectivity index (χ1) is 10.0. The van der Waals surface area contributed by atoms with Gasteiger partial charge in [0.05, 0.1) is 12.1 Å². The maximum absolute atomic E-state index is 13.6. The van der Waals surface area contributed by atoms with Gasteiger partial charge in [-0.3, -0.25) is 4.79 Å². The van der Waals surface area contributed by atoms with Gasteiger partial charge in [0.2, 0.25) is 5.91 Å². The third-order valence-electron chi connectivity index (χ3n) is 2.80. The number of benzene rings is 2. The predicted molar refractivity (Wildman–Crippen MR) is 74.9 cm³/mol. The van der Waals surface area contributed by atoms with Crippen molar-refractivity contribution in [1.29, 1.82) is 5.26 Å². The van der Waals surface area contributed by atoms with E-state index in [0.29, 0.717) is 0 Å². The Morgan fingerprint density at radius 3 is 2.52 bits per heavy atom. The van der Waals surface area contributed by atoms with Gasteiger partial charge in [-0.2, -0.15) is 5.26 Å². The van der Waals surface area contributed by atoms with Crippen molar-refractivity contribution in [3.8, 4) is 6.07 Å². The lowest BCUT2D eigenvalue weighted by atomic mass is 10.1. The van der Waals surface area contributed by atoms with E-state index in [0.717, 1.165) is 6.07 Å². The van der Waals surface area contributed by atoms with Gasteiger partial charge in [0, 0.05) is 10.6 Å². The van der Waals surface area contributed by atoms with Crippen LogP contribution in [0.1, 0.15) is 11.1 Å². The summed E-state index contributed by atoms with van der Waals surface area (Å²) in [5.74, 6) is -1.93. The summed E-state index contributed by atoms with van der Waals surface area (Å²) >= 11 is 5.83. The molecule has 0 saturated carbocycles. The van der Waals surface area contributed by atoms with Crippen molar-refractivity contribution in [2.45, 2.75) is 6.42 Å². The molecule has 6 heteroatoms. The van der Waals surface area contributed by atoms with E-state index in [1.54, 1.807) is 6.07 Å². The van der Waals surface area contributed by atoms with Crippen molar-refractivity contribution in [1.82, 2.24) is 0 Å². The Morgan fingerprint density at radius 1 is 1.19 bits per heavy atom. The molecule has 0 aromatic heterocycles. The topological polar surface area (TPSA) is 52.9 Å². The first-order valence-corrected chi connectivity index (χ1v) is 6.32. The van der Waals surface area contributed by atoms with Crippen LogP contribution in [0.2, 0.25) is 5.02 Å². The van der Waals surface area contributed by atoms with Crippen molar-refractivity contribution in [3.05, 3.63) is 64.2 Å². The van der Waals surface area contributed by atoms with E-state index >= 15 is 0 Å². The highest BCUT2D eigenvalue weighted by atomic mass is 35.5. The molecule has 0 unspecified atom stereocenters. The zero-order valence-electron chi connectivity index (χ0n) is 10.7. The second kappa shape index (κ2) is 6.33. The van der Waals surface area contributed by atoms with Crippen LogP contribution in [0.25, 0.3) is 0 Å². The SMILES string of the molecule is N#Cc1c(F)cccc1NC(=O)Cc1c(F)cccc1Cl. The normalized spacial score (nSPS) is 10.0. The van der Waals surface area contributed by atoms with E-state index in [4.69, 9.17) is 16.9 Å². The Labute approximate surface area is 124 Å². The molecular weight excluding hydrogens is 298 g/mol. The Hall–Kier alpha value is -2.45. The van der Waals surface area contributed by atoms with E-state index in [-0.39, 0.29) is 28.3 Å². The van der Waals surface area contributed by atoms with E-state index in [2.05, 4.69) is 5.32 Å². The Kier molecular flexibility index (Phi) is 4.51. The minimum atomic E-state index is -0.737. The zero-order chi connectivity index (χ0) is 15.4. The number of carbonyl (C=O) groups excluding carboxylic acids is 1. The summed E-state index contributed by atoms with van der Waals surface area (Å²) < 4.78 is 27.0. The number of hydrogen-bond donors (Lipinski definition) is 1. The van der Waals surface area contributed by atoms with Gasteiger partial charge in [-0.05, 0) is 24.3 Å². The molecular formula is C15H9ClF2N2O. The summed E-state index contributed by atoms with van der Waals surface area (Å²) in [5, 5.41) is 11.4. The number of carbonyl (C=O) groups is 1. The number of nitriles is 1. The smallest absolute Gasteiger partial charge is 0.228 e. The van der Waals surface area contributed by atoms with Crippen molar-refractivity contribution in [3.63, 3.8) is 0 Å². The second-order valence-electron chi connectivity index (χ2n) is 4.20. The number of nitrogens with one attached hydrogen (secondary N) is 1. The molecule has 0 bridgehead atoms. The predicted octanol–water partition coefficient (Wildman–Crippen LogP) is 3.67. The lowest BCUT2D eigenvalue weighted by Gasteiger charge is -2.09. The van der Waals surface area contributed by atoms with E-state index in [1.807, 2.05) is 0 Å². The molecule has 0 radical (unpaired) electrons. The maximum Gasteiger partial charge on any atom is 0.228 e. The van der Waals surface area contributed by atoms with Gasteiger partial charge in [-0.1, -0.05) is 23.7 Å². The van der Waals surface area contributed by atoms with Crippen LogP contribution in [-0.4, -0.2) is 5.91 Å². The minimum Gasteiger partial charge on any atom is -0.325 e. The van der Waals surface area contributed by atoms with Crippen LogP contribution >= 0.6 is 11.6 Å². The number of halogens is 3. The quantitative estimate of drug-likeness (QED) is 0.940. The van der Waals surface area contributed by atoms with Gasteiger partial charge < -0.3 is 5.32 Å². The minimum absolute atomic E-state index is 0.0370. The summed E-state index contributed by atoms with van der Waals surface area (Å²) in [6.07, 6.45) is -0.313. The lowest BCUT2D eigenvalue weighted by Crippen LogP contribution is -2.16. The molecule has 2 aromatic rings. The van der Waals surface area contributed by atoms with Crippen LogP contribution in [0.15, 0.2) is 36.4 Å². The average molecular weight is 307 g/mol. The monoisotopic (exact) mass is 306 g/mol. The molecule has 21 heavy (non-hydrogen) atoms. The molecule has 0 aliphatic heterocycles. The zero-order valence-corrected chi connectivity index (χ0v) is 11.4. The first-order valence-electron chi connectivity index (χ1n) is 5.94. The van der Waals surface area contributed by atoms with Crippen LogP contribution in [-0.2, 0) is 11.2 Å². The van der Waals surface area contributed by atoms with Crippen molar-refractivity contribution >= 4 is 23.2 Å². The van der Waals surface area contributed by atoms with Crippen molar-refractivity contribution in [2.24, 2.45) is 0 Å². The molecule has 0 saturated heterocycles. The van der Waals surface area contributed by atoms with Crippen LogP contribution < -0.4 is 5.32 Å². The van der Waals surface area contributed by atoms with E-state index in [1.165, 1.54) is 30.3 Å². The van der Waals surface area contributed by atoms with E-state index in [9.17, 15) is 13.6 Å². The van der Waals surface area contributed by atoms with Crippen LogP contribution in [0.5, 0.6) is 0 Å². The number of hydrogen-bond acceptors (Lipinski definition) is 2. The van der Waals surface area contributed by atoms with Gasteiger partial charge in [0.25, 0.3) is 0 Å². The second-order valence-corrected chi connectivity index (χ2v) is 4.61. The van der Waals surface area contributed by atoms with Gasteiger partial charge >= 0.3 is 0 Å². The van der Waals surface area contributed by atoms with Gasteiger partial charge in [-0.25, -0.2) is 8.78 Å². The Balaban J connectivity index is 2.21. The van der Waals surface area contributed by atoms with Crippen molar-refractivity contribution < 1.29 is 13.6 Å². The Bertz CT molecular complexity index is 721. The third kappa shape index (κ3) is 3.36. The highest BCUT2D eigenvalue weighted by molar-refractivity contribution is 6.31. The summed E-state index contributed by atoms with van der Waals surface area (Å²) in [6, 6.07) is 9.62. The third-order valence-corrected chi connectivity index (χ3v) is 3.15. The largest absolute Gasteiger partial charge is 0.325 e. The van der Waals surface area contributed by atoms with Gasteiger partial charge in [-0.15, -0.1) is 0 Å². The molecule has 0 atom stereocenters. The summed E-state index contributed by atoms with van der Waals surface area (Å²) in [7, 11) is 0. The average Bonchev–Trinajstić information content (AvgIpc) is 2.43. The van der Waals surface area contributed by atoms with Crippen LogP contribution in [0.4, 0.5) is 14.5 Å². The fourth-order valence-electron chi connectivity index (χ4n) is 1.80. The highest BCUT2D eigenvalue weighted by Crippen LogP contribution is 2.21. The molecule has 0 spiro atoms. The fourth-order valence-corrected chi connectivity index (χ4v) is 2.03. The van der Waals surface area contributed by atoms with Crippen LogP contribution in [0.3, 0.4) is 0 Å². The standard InChI is InChI=1S/C15H9ClF2N2O/c16-11-3-1-4-12(17)9(11)7-15(21)20-14-6-2-5-13(18)10(14)8-19/h1-6H,7H2,(H,20,21). The summed E-state index contributed by atoms with van der Waals surface area (Å²) in [5.41, 5.74) is -0.188. The van der Waals surface area contributed by atoms with Gasteiger partial charge in [0.15, 0.2) is 0 Å². The molecule has 0 aliphatic carbocycles. The molecule has 1 amide bonds. The molecule has 0 fully saturated rings. The summed E-state index contributed by atoms with van der Waals surface area (Å²) in [4.78, 5) is 11.9. The van der Waals surface area contributed by atoms with Crippen molar-refractivity contribution in [2.75, 3.05) is 5.32 Å². The lowest BCUT2D eigenvalue weighted by molar-refractivity contribution is -0.115. The number of anilines is 1. The number of nitrogens with zero attached hydrogens (tertiary/aromatic N) is 1. The molecule has 2 rings (SSSR count). The maximum atomic E-state index is 13.6. The Morgan fingerprint density at radius 2 is 1.86 bits per heavy atom. The van der Waals surface area contributed by atoms with Gasteiger partial charge in [0.1, 0.15) is 23.3 Å². The fraction of sp³-hybridized carbons (Fsp3) is 0.0667. The molecule has 2 aromatic carbocycles. The van der Waals surface area contributed by atoms with E-state index < -0.39 is 17.5 Å². The summed E-state index contributed by atoms with van der Waals surface area (Å²) in [6.45, 7) is 0. The molecule has 1 N–H and O–H groups in total. The van der Waals surface area contributed by atoms with Crippen LogP contribution in [0, 0.1) is 23.0 Å².